The molecule has 0 saturated carbocycles. The maximum absolute atomic E-state index is 11.7. The summed E-state index contributed by atoms with van der Waals surface area (Å²) in [4.78, 5) is 22.0. The van der Waals surface area contributed by atoms with Gasteiger partial charge in [-0.1, -0.05) is 20.8 Å². The first-order chi connectivity index (χ1) is 8.83. The second-order valence-corrected chi connectivity index (χ2v) is 7.14. The molecule has 20 heavy (non-hydrogen) atoms. The van der Waals surface area contributed by atoms with Gasteiger partial charge in [0.15, 0.2) is 0 Å². The van der Waals surface area contributed by atoms with Crippen LogP contribution in [-0.2, 0) is 19.7 Å². The van der Waals surface area contributed by atoms with Crippen LogP contribution in [0.1, 0.15) is 41.0 Å². The number of hydrogen-bond donors (Lipinski definition) is 3. The van der Waals surface area contributed by atoms with E-state index in [1.165, 1.54) is 0 Å². The van der Waals surface area contributed by atoms with Crippen molar-refractivity contribution in [3.63, 3.8) is 0 Å². The molecule has 1 amide bonds. The fourth-order valence-corrected chi connectivity index (χ4v) is 2.40. The van der Waals surface area contributed by atoms with E-state index in [-0.39, 0.29) is 0 Å². The van der Waals surface area contributed by atoms with Gasteiger partial charge >= 0.3 is 22.3 Å². The van der Waals surface area contributed by atoms with E-state index < -0.39 is 46.3 Å². The molecular formula is C11H22N2O6S. The Morgan fingerprint density at radius 1 is 1.25 bits per heavy atom. The van der Waals surface area contributed by atoms with E-state index >= 15 is 0 Å². The Kier molecular flexibility index (Phi) is 6.42. The Hall–Kier alpha value is -1.35. The molecule has 0 aromatic carbocycles. The van der Waals surface area contributed by atoms with E-state index in [0.29, 0.717) is 0 Å². The second kappa shape index (κ2) is 6.89. The zero-order valence-electron chi connectivity index (χ0n) is 12.3. The summed E-state index contributed by atoms with van der Waals surface area (Å²) < 4.78 is 32.0. The third kappa shape index (κ3) is 7.95. The van der Waals surface area contributed by atoms with Gasteiger partial charge in [0.2, 0.25) is 0 Å². The summed E-state index contributed by atoms with van der Waals surface area (Å²) in [6, 6.07) is -0.871. The van der Waals surface area contributed by atoms with Crippen molar-refractivity contribution in [2.75, 3.05) is 0 Å². The molecule has 0 aliphatic rings. The number of rotatable bonds is 6. The lowest BCUT2D eigenvalue weighted by Crippen LogP contribution is -2.50. The molecule has 1 unspecified atom stereocenters. The van der Waals surface area contributed by atoms with Crippen molar-refractivity contribution in [3.05, 3.63) is 0 Å². The van der Waals surface area contributed by atoms with Crippen molar-refractivity contribution in [2.45, 2.75) is 53.2 Å². The smallest absolute Gasteiger partial charge is 0.422 e. The highest BCUT2D eigenvalue weighted by Crippen LogP contribution is 2.22. The molecule has 9 heteroatoms. The van der Waals surface area contributed by atoms with Gasteiger partial charge in [-0.05, 0) is 19.3 Å². The number of amides is 1. The number of aliphatic carboxylic acids is 1. The molecule has 0 aliphatic heterocycles. The molecule has 0 aromatic heterocycles. The van der Waals surface area contributed by atoms with Crippen LogP contribution in [0.4, 0.5) is 4.79 Å². The maximum atomic E-state index is 11.7. The minimum atomic E-state index is -4.19. The van der Waals surface area contributed by atoms with Crippen LogP contribution in [0.5, 0.6) is 0 Å². The first-order valence-corrected chi connectivity index (χ1v) is 7.54. The first kappa shape index (κ1) is 18.7. The lowest BCUT2D eigenvalue weighted by atomic mass is 9.85. The molecule has 3 N–H and O–H groups in total. The number of carbonyl (C=O) groups is 2. The monoisotopic (exact) mass is 310 g/mol. The highest BCUT2D eigenvalue weighted by molar-refractivity contribution is 7.88. The number of ether oxygens (including phenoxy) is 1. The van der Waals surface area contributed by atoms with Crippen LogP contribution in [0.15, 0.2) is 0 Å². The summed E-state index contributed by atoms with van der Waals surface area (Å²) in [5.41, 5.74) is -0.630. The number of carbonyl (C=O) groups excluding carboxylic acids is 1. The first-order valence-electron chi connectivity index (χ1n) is 6.06. The lowest BCUT2D eigenvalue weighted by molar-refractivity contribution is -0.138. The van der Waals surface area contributed by atoms with Crippen LogP contribution in [0.2, 0.25) is 0 Å². The SMILES string of the molecule is CC(C)OC(=O)NS(=O)(=O)NC(CC(=O)O)C(C)(C)C. The quantitative estimate of drug-likeness (QED) is 0.668. The highest BCUT2D eigenvalue weighted by Gasteiger charge is 2.31. The van der Waals surface area contributed by atoms with Gasteiger partial charge in [0.25, 0.3) is 0 Å². The van der Waals surface area contributed by atoms with Crippen LogP contribution in [-0.4, -0.2) is 37.7 Å². The average Bonchev–Trinajstić information content (AvgIpc) is 2.10. The minimum absolute atomic E-state index is 0.399. The van der Waals surface area contributed by atoms with Crippen molar-refractivity contribution in [3.8, 4) is 0 Å². The van der Waals surface area contributed by atoms with Gasteiger partial charge in [-0.3, -0.25) is 4.79 Å². The van der Waals surface area contributed by atoms with Gasteiger partial charge in [-0.25, -0.2) is 9.52 Å². The molecule has 0 spiro atoms. The van der Waals surface area contributed by atoms with Crippen molar-refractivity contribution in [2.24, 2.45) is 5.41 Å². The van der Waals surface area contributed by atoms with Crippen LogP contribution in [0, 0.1) is 5.41 Å². The molecule has 0 saturated heterocycles. The Bertz CT molecular complexity index is 452. The van der Waals surface area contributed by atoms with Crippen LogP contribution in [0.25, 0.3) is 0 Å². The average molecular weight is 310 g/mol. The number of carboxylic acids is 1. The highest BCUT2D eigenvalue weighted by atomic mass is 32.2. The molecule has 8 nitrogen and oxygen atoms in total. The molecule has 0 radical (unpaired) electrons. The summed E-state index contributed by atoms with van der Waals surface area (Å²) in [6.07, 6.45) is -1.98. The van der Waals surface area contributed by atoms with Crippen molar-refractivity contribution in [1.29, 1.82) is 0 Å². The van der Waals surface area contributed by atoms with Gasteiger partial charge in [0.05, 0.1) is 12.5 Å². The normalized spacial score (nSPS) is 13.9. The molecule has 1 atom stereocenters. The largest absolute Gasteiger partial charge is 0.481 e. The molecule has 0 fully saturated rings. The predicted molar refractivity (Wildman–Crippen MR) is 72.3 cm³/mol. The van der Waals surface area contributed by atoms with Crippen molar-refractivity contribution < 1.29 is 27.9 Å². The van der Waals surface area contributed by atoms with E-state index in [1.54, 1.807) is 39.3 Å². The Morgan fingerprint density at radius 3 is 2.10 bits per heavy atom. The van der Waals surface area contributed by atoms with Gasteiger partial charge in [-0.15, -0.1) is 0 Å². The number of carboxylic acid groups (broad SMARTS) is 1. The van der Waals surface area contributed by atoms with E-state index in [0.717, 1.165) is 0 Å². The molecule has 0 rings (SSSR count). The summed E-state index contributed by atoms with van der Waals surface area (Å²) in [6.45, 7) is 8.21. The van der Waals surface area contributed by atoms with E-state index in [1.807, 2.05) is 0 Å². The van der Waals surface area contributed by atoms with E-state index in [9.17, 15) is 18.0 Å². The third-order valence-electron chi connectivity index (χ3n) is 2.28. The van der Waals surface area contributed by atoms with Gasteiger partial charge < -0.3 is 9.84 Å². The number of nitrogens with one attached hydrogen (secondary N) is 2. The zero-order chi connectivity index (χ0) is 16.1. The summed E-state index contributed by atoms with van der Waals surface area (Å²) in [5.74, 6) is -1.14. The Morgan fingerprint density at radius 2 is 1.75 bits per heavy atom. The summed E-state index contributed by atoms with van der Waals surface area (Å²) in [5, 5.41) is 8.80. The van der Waals surface area contributed by atoms with Gasteiger partial charge in [0, 0.05) is 6.04 Å². The molecule has 0 heterocycles. The standard InChI is InChI=1S/C11H22N2O6S/c1-7(2)19-10(16)13-20(17,18)12-8(6-9(14)15)11(3,4)5/h7-8,12H,6H2,1-5H3,(H,13,16)(H,14,15). The summed E-state index contributed by atoms with van der Waals surface area (Å²) in [7, 11) is -4.19. The summed E-state index contributed by atoms with van der Waals surface area (Å²) >= 11 is 0. The zero-order valence-corrected chi connectivity index (χ0v) is 13.1. The van der Waals surface area contributed by atoms with Crippen LogP contribution >= 0.6 is 0 Å². The molecule has 0 bridgehead atoms. The van der Waals surface area contributed by atoms with Crippen molar-refractivity contribution >= 4 is 22.3 Å². The minimum Gasteiger partial charge on any atom is -0.481 e. The van der Waals surface area contributed by atoms with E-state index in [2.05, 4.69) is 9.46 Å². The predicted octanol–water partition coefficient (Wildman–Crippen LogP) is 0.845. The van der Waals surface area contributed by atoms with Gasteiger partial charge in [0.1, 0.15) is 0 Å². The fourth-order valence-electron chi connectivity index (χ4n) is 1.26. The molecule has 0 aromatic rings. The fraction of sp³-hybridized carbons (Fsp3) is 0.818. The molecule has 0 aliphatic carbocycles. The maximum Gasteiger partial charge on any atom is 0.422 e. The Balaban J connectivity index is 4.85. The molecule has 118 valence electrons. The lowest BCUT2D eigenvalue weighted by Gasteiger charge is -2.29. The second-order valence-electron chi connectivity index (χ2n) is 5.69. The van der Waals surface area contributed by atoms with Crippen LogP contribution < -0.4 is 9.44 Å². The van der Waals surface area contributed by atoms with Gasteiger partial charge in [-0.2, -0.15) is 13.1 Å². The Labute approximate surface area is 119 Å². The topological polar surface area (TPSA) is 122 Å². The van der Waals surface area contributed by atoms with Crippen molar-refractivity contribution in [1.82, 2.24) is 9.44 Å². The molecular weight excluding hydrogens is 288 g/mol. The van der Waals surface area contributed by atoms with E-state index in [4.69, 9.17) is 5.11 Å². The number of hydrogen-bond acceptors (Lipinski definition) is 5. The third-order valence-corrected chi connectivity index (χ3v) is 3.31. The van der Waals surface area contributed by atoms with Crippen LogP contribution in [0.3, 0.4) is 0 Å².